The minimum absolute atomic E-state index is 0.0244. The molecule has 1 saturated carbocycles. The second-order valence-corrected chi connectivity index (χ2v) is 7.27. The van der Waals surface area contributed by atoms with Crippen molar-refractivity contribution in [3.05, 3.63) is 0 Å². The molecule has 1 rings (SSSR count). The van der Waals surface area contributed by atoms with Crippen LogP contribution in [-0.4, -0.2) is 35.6 Å². The molecule has 1 aliphatic rings. The molecule has 0 unspecified atom stereocenters. The lowest BCUT2D eigenvalue weighted by Gasteiger charge is -2.39. The van der Waals surface area contributed by atoms with Crippen molar-refractivity contribution in [1.82, 2.24) is 5.32 Å². The predicted octanol–water partition coefficient (Wildman–Crippen LogP) is 2.75. The van der Waals surface area contributed by atoms with Crippen molar-refractivity contribution in [2.75, 3.05) is 6.54 Å². The Labute approximate surface area is 131 Å². The van der Waals surface area contributed by atoms with Gasteiger partial charge >= 0.3 is 12.1 Å². The van der Waals surface area contributed by atoms with Crippen LogP contribution < -0.4 is 5.32 Å². The maximum atomic E-state index is 11.8. The average Bonchev–Trinajstić information content (AvgIpc) is 2.37. The molecule has 0 aromatic rings. The van der Waals surface area contributed by atoms with E-state index in [1.165, 1.54) is 0 Å². The summed E-state index contributed by atoms with van der Waals surface area (Å²) >= 11 is 0. The van der Waals surface area contributed by atoms with E-state index in [-0.39, 0.29) is 6.42 Å². The number of rotatable bonds is 6. The van der Waals surface area contributed by atoms with Crippen LogP contribution in [0.3, 0.4) is 0 Å². The topological polar surface area (TPSA) is 92.7 Å². The van der Waals surface area contributed by atoms with Gasteiger partial charge in [0.05, 0.1) is 6.42 Å². The highest BCUT2D eigenvalue weighted by molar-refractivity contribution is 5.69. The van der Waals surface area contributed by atoms with E-state index in [1.54, 1.807) is 20.8 Å². The van der Waals surface area contributed by atoms with Gasteiger partial charge in [0.25, 0.3) is 0 Å². The van der Waals surface area contributed by atoms with E-state index < -0.39 is 23.1 Å². The minimum Gasteiger partial charge on any atom is -0.481 e. The fourth-order valence-corrected chi connectivity index (χ4v) is 2.97. The number of carbonyl (C=O) groups is 3. The number of carboxylic acid groups (broad SMARTS) is 1. The van der Waals surface area contributed by atoms with Crippen molar-refractivity contribution >= 4 is 18.3 Å². The largest absolute Gasteiger partial charge is 0.481 e. The van der Waals surface area contributed by atoms with E-state index in [4.69, 9.17) is 9.84 Å². The first-order valence-corrected chi connectivity index (χ1v) is 7.78. The first kappa shape index (κ1) is 18.5. The van der Waals surface area contributed by atoms with Crippen LogP contribution >= 0.6 is 0 Å². The number of hydrogen-bond donors (Lipinski definition) is 2. The zero-order valence-corrected chi connectivity index (χ0v) is 13.7. The number of carbonyl (C=O) groups excluding carboxylic acids is 2. The Balaban J connectivity index is 2.60. The fraction of sp³-hybridized carbons (Fsp3) is 0.812. The van der Waals surface area contributed by atoms with Crippen molar-refractivity contribution in [2.45, 2.75) is 64.9 Å². The van der Waals surface area contributed by atoms with Crippen LogP contribution in [0.2, 0.25) is 0 Å². The second-order valence-electron chi connectivity index (χ2n) is 7.27. The van der Waals surface area contributed by atoms with Gasteiger partial charge < -0.3 is 20.0 Å². The van der Waals surface area contributed by atoms with Crippen LogP contribution in [0.15, 0.2) is 0 Å². The maximum absolute atomic E-state index is 11.8. The highest BCUT2D eigenvalue weighted by Crippen LogP contribution is 2.42. The molecule has 1 aliphatic carbocycles. The van der Waals surface area contributed by atoms with Gasteiger partial charge in [0.2, 0.25) is 0 Å². The van der Waals surface area contributed by atoms with E-state index in [1.807, 2.05) is 0 Å². The molecule has 1 amide bonds. The van der Waals surface area contributed by atoms with E-state index in [9.17, 15) is 14.4 Å². The quantitative estimate of drug-likeness (QED) is 0.736. The molecule has 6 heteroatoms. The SMILES string of the molecule is CC(C)(C)OC(=O)NCC1(CC(=O)O)CCC(CC=O)CC1. The molecule has 0 heterocycles. The molecule has 0 aromatic heterocycles. The van der Waals surface area contributed by atoms with Crippen LogP contribution in [0.5, 0.6) is 0 Å². The maximum Gasteiger partial charge on any atom is 0.407 e. The molecule has 126 valence electrons. The third-order valence-corrected chi connectivity index (χ3v) is 4.13. The van der Waals surface area contributed by atoms with Crippen molar-refractivity contribution in [2.24, 2.45) is 11.3 Å². The Bertz CT molecular complexity index is 405. The summed E-state index contributed by atoms with van der Waals surface area (Å²) in [7, 11) is 0. The zero-order valence-electron chi connectivity index (χ0n) is 13.7. The van der Waals surface area contributed by atoms with E-state index >= 15 is 0 Å². The number of aliphatic carboxylic acids is 1. The first-order valence-electron chi connectivity index (χ1n) is 7.78. The molecule has 2 N–H and O–H groups in total. The second kappa shape index (κ2) is 7.61. The standard InChI is InChI=1S/C16H27NO5/c1-15(2,3)22-14(21)17-11-16(10-13(19)20)7-4-12(5-8-16)6-9-18/h9,12H,4-8,10-11H2,1-3H3,(H,17,21)(H,19,20). The smallest absolute Gasteiger partial charge is 0.407 e. The molecule has 0 radical (unpaired) electrons. The van der Waals surface area contributed by atoms with Gasteiger partial charge in [0.15, 0.2) is 0 Å². The summed E-state index contributed by atoms with van der Waals surface area (Å²) in [5, 5.41) is 11.9. The van der Waals surface area contributed by atoms with Gasteiger partial charge in [-0.05, 0) is 57.8 Å². The van der Waals surface area contributed by atoms with Crippen LogP contribution in [-0.2, 0) is 14.3 Å². The molecule has 0 atom stereocenters. The van der Waals surface area contributed by atoms with E-state index in [0.29, 0.717) is 31.7 Å². The summed E-state index contributed by atoms with van der Waals surface area (Å²) in [6, 6.07) is 0. The Kier molecular flexibility index (Phi) is 6.38. The van der Waals surface area contributed by atoms with Crippen molar-refractivity contribution in [1.29, 1.82) is 0 Å². The molecule has 0 aromatic carbocycles. The summed E-state index contributed by atoms with van der Waals surface area (Å²) in [5.41, 5.74) is -1.02. The predicted molar refractivity (Wildman–Crippen MR) is 81.6 cm³/mol. The van der Waals surface area contributed by atoms with Crippen molar-refractivity contribution < 1.29 is 24.2 Å². The Hall–Kier alpha value is -1.59. The molecule has 6 nitrogen and oxygen atoms in total. The Morgan fingerprint density at radius 1 is 1.32 bits per heavy atom. The summed E-state index contributed by atoms with van der Waals surface area (Å²) in [6.45, 7) is 5.64. The number of alkyl carbamates (subject to hydrolysis) is 1. The highest BCUT2D eigenvalue weighted by Gasteiger charge is 2.37. The van der Waals surface area contributed by atoms with Gasteiger partial charge in [-0.2, -0.15) is 0 Å². The monoisotopic (exact) mass is 313 g/mol. The summed E-state index contributed by atoms with van der Waals surface area (Å²) in [4.78, 5) is 33.5. The van der Waals surface area contributed by atoms with Gasteiger partial charge in [-0.3, -0.25) is 4.79 Å². The van der Waals surface area contributed by atoms with Crippen molar-refractivity contribution in [3.8, 4) is 0 Å². The minimum atomic E-state index is -0.861. The number of hydrogen-bond acceptors (Lipinski definition) is 4. The molecule has 1 fully saturated rings. The molecule has 0 bridgehead atoms. The normalized spacial score (nSPS) is 25.3. The number of nitrogens with one attached hydrogen (secondary N) is 1. The van der Waals surface area contributed by atoms with Gasteiger partial charge in [-0.1, -0.05) is 0 Å². The van der Waals surface area contributed by atoms with Crippen molar-refractivity contribution in [3.63, 3.8) is 0 Å². The van der Waals surface area contributed by atoms with Crippen LogP contribution in [0, 0.1) is 11.3 Å². The lowest BCUT2D eigenvalue weighted by Crippen LogP contribution is -2.43. The summed E-state index contributed by atoms with van der Waals surface area (Å²) in [6.07, 6.45) is 4.01. The van der Waals surface area contributed by atoms with Gasteiger partial charge in [-0.15, -0.1) is 0 Å². The summed E-state index contributed by atoms with van der Waals surface area (Å²) < 4.78 is 5.19. The molecule has 0 spiro atoms. The lowest BCUT2D eigenvalue weighted by molar-refractivity contribution is -0.140. The Morgan fingerprint density at radius 3 is 2.36 bits per heavy atom. The van der Waals surface area contributed by atoms with Gasteiger partial charge in [0.1, 0.15) is 11.9 Å². The zero-order chi connectivity index (χ0) is 16.8. The lowest BCUT2D eigenvalue weighted by atomic mass is 9.68. The average molecular weight is 313 g/mol. The Morgan fingerprint density at radius 2 is 1.91 bits per heavy atom. The molecule has 22 heavy (non-hydrogen) atoms. The number of aldehydes is 1. The third kappa shape index (κ3) is 6.45. The third-order valence-electron chi connectivity index (χ3n) is 4.13. The van der Waals surface area contributed by atoms with Crippen LogP contribution in [0.4, 0.5) is 4.79 Å². The van der Waals surface area contributed by atoms with E-state index in [0.717, 1.165) is 19.1 Å². The molecular weight excluding hydrogens is 286 g/mol. The number of carboxylic acids is 1. The van der Waals surface area contributed by atoms with Crippen LogP contribution in [0.1, 0.15) is 59.3 Å². The highest BCUT2D eigenvalue weighted by atomic mass is 16.6. The molecule has 0 aliphatic heterocycles. The molecule has 0 saturated heterocycles. The van der Waals surface area contributed by atoms with Gasteiger partial charge in [0, 0.05) is 13.0 Å². The fourth-order valence-electron chi connectivity index (χ4n) is 2.97. The number of amides is 1. The summed E-state index contributed by atoms with van der Waals surface area (Å²) in [5.74, 6) is -0.527. The molecular formula is C16H27NO5. The van der Waals surface area contributed by atoms with E-state index in [2.05, 4.69) is 5.32 Å². The first-order chi connectivity index (χ1) is 10.2. The van der Waals surface area contributed by atoms with Gasteiger partial charge in [-0.25, -0.2) is 4.79 Å². The number of ether oxygens (including phenoxy) is 1. The van der Waals surface area contributed by atoms with Crippen LogP contribution in [0.25, 0.3) is 0 Å².